The Hall–Kier alpha value is -3.99. The molecule has 0 spiro atoms. The number of hydrogen-bond acceptors (Lipinski definition) is 11. The van der Waals surface area contributed by atoms with Crippen molar-refractivity contribution in [2.45, 2.75) is 142 Å². The van der Waals surface area contributed by atoms with Crippen LogP contribution in [0.15, 0.2) is 0 Å². The predicted octanol–water partition coefficient (Wildman–Crippen LogP) is 7.43. The third-order valence-corrected chi connectivity index (χ3v) is 6.77. The second kappa shape index (κ2) is 24.0. The first-order valence-electron chi connectivity index (χ1n) is 16.7. The highest BCUT2D eigenvalue weighted by Crippen LogP contribution is 2.45. The number of ketones is 5. The molecular formula is C32H42F16N2O11. The SMILES string of the molecule is C.CC(=O)CCCNC(=O)C(F)(F)OC(F)(F)C(F)(F)OC(F)(F)C(=O)CCCC(C)=O.CCN(CC)C(=O)C(F)(F)OC(F)(F)C(F)(F)OC(F)(F)C(=O)CCCC(C)=O. The molecular weight excluding hydrogens is 892 g/mol. The Morgan fingerprint density at radius 2 is 0.721 bits per heavy atom. The summed E-state index contributed by atoms with van der Waals surface area (Å²) in [5.74, 6) is -11.3. The Morgan fingerprint density at radius 1 is 0.443 bits per heavy atom. The topological polar surface area (TPSA) is 172 Å². The molecule has 0 aliphatic rings. The van der Waals surface area contributed by atoms with E-state index in [1.807, 2.05) is 0 Å². The summed E-state index contributed by atoms with van der Waals surface area (Å²) in [6, 6.07) is 0. The molecule has 2 amide bonds. The number of nitrogens with zero attached hydrogens (tertiary/aromatic N) is 1. The van der Waals surface area contributed by atoms with E-state index in [9.17, 15) is 104 Å². The van der Waals surface area contributed by atoms with Gasteiger partial charge in [-0.15, -0.1) is 0 Å². The Morgan fingerprint density at radius 3 is 1.02 bits per heavy atom. The van der Waals surface area contributed by atoms with Crippen LogP contribution in [-0.4, -0.2) is 114 Å². The van der Waals surface area contributed by atoms with Gasteiger partial charge in [-0.05, 0) is 53.9 Å². The minimum Gasteiger partial charge on any atom is -0.349 e. The van der Waals surface area contributed by atoms with Crippen molar-refractivity contribution >= 4 is 40.7 Å². The van der Waals surface area contributed by atoms with Crippen LogP contribution in [0.1, 0.15) is 93.4 Å². The summed E-state index contributed by atoms with van der Waals surface area (Å²) in [6.45, 7) is 4.08. The largest absolute Gasteiger partial charge is 0.453 e. The maximum Gasteiger partial charge on any atom is 0.453 e. The molecule has 13 nitrogen and oxygen atoms in total. The van der Waals surface area contributed by atoms with Crippen molar-refractivity contribution in [2.75, 3.05) is 19.6 Å². The maximum absolute atomic E-state index is 13.5. The van der Waals surface area contributed by atoms with Crippen molar-refractivity contribution in [3.8, 4) is 0 Å². The molecule has 0 aliphatic heterocycles. The smallest absolute Gasteiger partial charge is 0.349 e. The first-order valence-corrected chi connectivity index (χ1v) is 16.7. The monoisotopic (exact) mass is 934 g/mol. The van der Waals surface area contributed by atoms with Gasteiger partial charge in [0, 0.05) is 51.7 Å². The number of alkyl halides is 16. The highest BCUT2D eigenvalue weighted by Gasteiger charge is 2.71. The Bertz CT molecular complexity index is 1510. The maximum atomic E-state index is 13.5. The van der Waals surface area contributed by atoms with Gasteiger partial charge in [0.1, 0.15) is 17.3 Å². The Labute approximate surface area is 336 Å². The summed E-state index contributed by atoms with van der Waals surface area (Å²) in [5, 5.41) is 1.34. The molecule has 0 bridgehead atoms. The van der Waals surface area contributed by atoms with Gasteiger partial charge in [0.15, 0.2) is 0 Å². The lowest BCUT2D eigenvalue weighted by molar-refractivity contribution is -0.500. The fourth-order valence-electron chi connectivity index (χ4n) is 3.71. The van der Waals surface area contributed by atoms with E-state index in [0.717, 1.165) is 20.8 Å². The van der Waals surface area contributed by atoms with Crippen molar-refractivity contribution in [3.63, 3.8) is 0 Å². The average molecular weight is 935 g/mol. The van der Waals surface area contributed by atoms with Crippen molar-refractivity contribution in [1.82, 2.24) is 10.2 Å². The first kappa shape index (κ1) is 61.3. The molecule has 0 unspecified atom stereocenters. The second-order valence-corrected chi connectivity index (χ2v) is 12.0. The fraction of sp³-hybridized carbons (Fsp3) is 0.781. The van der Waals surface area contributed by atoms with E-state index in [4.69, 9.17) is 0 Å². The summed E-state index contributed by atoms with van der Waals surface area (Å²) < 4.78 is 225. The number of hydrogen-bond donors (Lipinski definition) is 1. The number of ether oxygens (including phenoxy) is 4. The van der Waals surface area contributed by atoms with Crippen molar-refractivity contribution < 1.29 is 123 Å². The molecule has 0 aromatic heterocycles. The number of carbonyl (C=O) groups excluding carboxylic acids is 7. The summed E-state index contributed by atoms with van der Waals surface area (Å²) in [6.07, 6.45) is -52.5. The number of Topliss-reactive ketones (excluding diaryl/α,β-unsaturated/α-hetero) is 5. The molecule has 0 radical (unpaired) electrons. The van der Waals surface area contributed by atoms with Crippen LogP contribution in [0.3, 0.4) is 0 Å². The van der Waals surface area contributed by atoms with Gasteiger partial charge in [-0.1, -0.05) is 7.43 Å². The predicted molar refractivity (Wildman–Crippen MR) is 171 cm³/mol. The molecule has 0 saturated heterocycles. The van der Waals surface area contributed by atoms with Crippen LogP contribution < -0.4 is 5.32 Å². The number of nitrogens with one attached hydrogen (secondary N) is 1. The summed E-state index contributed by atoms with van der Waals surface area (Å²) in [5.41, 5.74) is 0. The number of amides is 2. The minimum atomic E-state index is -6.48. The van der Waals surface area contributed by atoms with Gasteiger partial charge in [0.2, 0.25) is 11.6 Å². The Balaban J connectivity index is -0.00000109. The van der Waals surface area contributed by atoms with Gasteiger partial charge < -0.3 is 24.6 Å². The van der Waals surface area contributed by atoms with E-state index >= 15 is 0 Å². The lowest BCUT2D eigenvalue weighted by atomic mass is 10.1. The van der Waals surface area contributed by atoms with Gasteiger partial charge in [-0.3, -0.25) is 19.2 Å². The molecule has 0 saturated carbocycles. The van der Waals surface area contributed by atoms with E-state index in [0.29, 0.717) is 0 Å². The molecule has 61 heavy (non-hydrogen) atoms. The third-order valence-electron chi connectivity index (χ3n) is 6.77. The zero-order valence-corrected chi connectivity index (χ0v) is 31.8. The van der Waals surface area contributed by atoms with Gasteiger partial charge in [0.05, 0.1) is 0 Å². The van der Waals surface area contributed by atoms with Gasteiger partial charge in [-0.2, -0.15) is 70.2 Å². The van der Waals surface area contributed by atoms with Crippen LogP contribution in [0.4, 0.5) is 70.2 Å². The third kappa shape index (κ3) is 20.6. The van der Waals surface area contributed by atoms with Crippen LogP contribution >= 0.6 is 0 Å². The van der Waals surface area contributed by atoms with Gasteiger partial charge >= 0.3 is 60.7 Å². The Kier molecular flexibility index (Phi) is 24.1. The van der Waals surface area contributed by atoms with E-state index in [1.165, 1.54) is 19.2 Å². The van der Waals surface area contributed by atoms with Gasteiger partial charge in [-0.25, -0.2) is 18.9 Å². The zero-order valence-electron chi connectivity index (χ0n) is 31.8. The molecule has 358 valence electrons. The standard InChI is InChI=1S/C16H19F8NO6.C15H19F8NO5.CH4/c1-9(26)5-3-7-11(28)13(17,18)30-15(21,22)16(23,24)31-14(19,20)12(29)25-8-4-6-10(2)27;1-4-24(5-2)11(27)13(18,19)29-15(22,23)14(20,21)28-12(16,17)10(26)8-6-7-9(3)25;/h3-8H2,1-2H3,(H,25,29);4-8H2,1-3H3;1H4. The quantitative estimate of drug-likeness (QED) is 0.0611. The second-order valence-electron chi connectivity index (χ2n) is 12.0. The number of rotatable bonds is 28. The molecule has 0 atom stereocenters. The average Bonchev–Trinajstić information content (AvgIpc) is 3.04. The zero-order chi connectivity index (χ0) is 47.9. The molecule has 0 aromatic rings. The van der Waals surface area contributed by atoms with Gasteiger partial charge in [0.25, 0.3) is 0 Å². The number of carbonyl (C=O) groups is 7. The van der Waals surface area contributed by atoms with Crippen molar-refractivity contribution in [3.05, 3.63) is 0 Å². The van der Waals surface area contributed by atoms with Crippen LogP contribution in [0.25, 0.3) is 0 Å². The summed E-state index contributed by atoms with van der Waals surface area (Å²) >= 11 is 0. The van der Waals surface area contributed by atoms with E-state index in [-0.39, 0.29) is 31.6 Å². The molecule has 0 heterocycles. The van der Waals surface area contributed by atoms with Crippen LogP contribution in [0, 0.1) is 0 Å². The van der Waals surface area contributed by atoms with Crippen LogP contribution in [-0.2, 0) is 52.5 Å². The summed E-state index contributed by atoms with van der Waals surface area (Å²) in [7, 11) is 0. The fourth-order valence-corrected chi connectivity index (χ4v) is 3.71. The van der Waals surface area contributed by atoms with E-state index in [2.05, 4.69) is 18.9 Å². The molecule has 0 aliphatic carbocycles. The highest BCUT2D eigenvalue weighted by atomic mass is 19.4. The van der Waals surface area contributed by atoms with E-state index < -0.39 is 141 Å². The first-order chi connectivity index (χ1) is 26.8. The molecule has 0 rings (SSSR count). The molecule has 0 aromatic carbocycles. The molecule has 0 fully saturated rings. The van der Waals surface area contributed by atoms with Crippen molar-refractivity contribution in [2.24, 2.45) is 0 Å². The highest BCUT2D eigenvalue weighted by molar-refractivity contribution is 5.86. The molecule has 29 heteroatoms. The lowest BCUT2D eigenvalue weighted by Gasteiger charge is -2.31. The summed E-state index contributed by atoms with van der Waals surface area (Å²) in [4.78, 5) is 77.2. The minimum absolute atomic E-state index is 0. The normalized spacial score (nSPS) is 13.0. The van der Waals surface area contributed by atoms with Crippen LogP contribution in [0.5, 0.6) is 0 Å². The van der Waals surface area contributed by atoms with Crippen LogP contribution in [0.2, 0.25) is 0 Å². The lowest BCUT2D eigenvalue weighted by Crippen LogP contribution is -2.56. The van der Waals surface area contributed by atoms with Crippen molar-refractivity contribution in [1.29, 1.82) is 0 Å². The number of halogens is 16. The number of likely N-dealkylation sites (N-methyl/N-ethyl adjacent to an activating group) is 1. The molecule has 1 N–H and O–H groups in total. The van der Waals surface area contributed by atoms with E-state index in [1.54, 1.807) is 0 Å².